The molecule has 4 rings (SSSR count). The van der Waals surface area contributed by atoms with Crippen LogP contribution in [0.4, 0.5) is 11.4 Å². The van der Waals surface area contributed by atoms with Crippen molar-refractivity contribution >= 4 is 35.0 Å². The van der Waals surface area contributed by atoms with Crippen LogP contribution in [0.25, 0.3) is 6.08 Å². The Morgan fingerprint density at radius 3 is 2.13 bits per heavy atom. The number of nitro groups is 1. The molecule has 194 valence electrons. The van der Waals surface area contributed by atoms with E-state index in [4.69, 9.17) is 21.1 Å². The Morgan fingerprint density at radius 2 is 1.51 bits per heavy atom. The van der Waals surface area contributed by atoms with E-state index in [1.54, 1.807) is 72.8 Å². The molecule has 0 radical (unpaired) electrons. The van der Waals surface area contributed by atoms with E-state index in [0.717, 1.165) is 5.56 Å². The summed E-state index contributed by atoms with van der Waals surface area (Å²) in [4.78, 5) is 23.1. The Labute approximate surface area is 229 Å². The van der Waals surface area contributed by atoms with Crippen LogP contribution in [0.3, 0.4) is 0 Å². The number of rotatable bonds is 10. The van der Waals surface area contributed by atoms with Crippen LogP contribution in [0.15, 0.2) is 103 Å². The summed E-state index contributed by atoms with van der Waals surface area (Å²) in [6.07, 6.45) is 1.48. The lowest BCUT2D eigenvalue weighted by Gasteiger charge is -2.09. The summed E-state index contributed by atoms with van der Waals surface area (Å²) in [6.45, 7) is 0.538. The third kappa shape index (κ3) is 7.92. The number of hydrogen-bond donors (Lipinski definition) is 1. The van der Waals surface area contributed by atoms with E-state index in [1.807, 2.05) is 18.2 Å². The van der Waals surface area contributed by atoms with Crippen LogP contribution in [0, 0.1) is 21.4 Å². The SMILES string of the molecule is N#C/C(=C\c1ccc(OCc2cccc([N+](=O)[O-])c2)cc1)C(=O)Nc1ccc(OCc2ccc(Cl)cc2)cc1. The van der Waals surface area contributed by atoms with Crippen LogP contribution in [-0.4, -0.2) is 10.8 Å². The van der Waals surface area contributed by atoms with Gasteiger partial charge in [-0.05, 0) is 71.3 Å². The fraction of sp³-hybridized carbons (Fsp3) is 0.0667. The fourth-order valence-corrected chi connectivity index (χ4v) is 3.61. The van der Waals surface area contributed by atoms with Crippen LogP contribution >= 0.6 is 11.6 Å². The highest BCUT2D eigenvalue weighted by atomic mass is 35.5. The van der Waals surface area contributed by atoms with Crippen molar-refractivity contribution in [2.24, 2.45) is 0 Å². The molecule has 9 heteroatoms. The molecule has 0 aliphatic rings. The standard InChI is InChI=1S/C30H22ClN3O5/c31-25-8-4-22(5-9-25)19-38-29-14-10-26(11-15-29)33-30(35)24(18-32)16-21-6-12-28(13-7-21)39-20-23-2-1-3-27(17-23)34(36)37/h1-17H,19-20H2,(H,33,35)/b24-16+. The molecule has 0 aliphatic carbocycles. The number of nitriles is 1. The number of anilines is 1. The third-order valence-corrected chi connectivity index (χ3v) is 5.77. The van der Waals surface area contributed by atoms with Crippen LogP contribution in [-0.2, 0) is 18.0 Å². The van der Waals surface area contributed by atoms with E-state index in [2.05, 4.69) is 5.32 Å². The molecule has 8 nitrogen and oxygen atoms in total. The van der Waals surface area contributed by atoms with E-state index in [0.29, 0.717) is 39.9 Å². The predicted molar refractivity (Wildman–Crippen MR) is 148 cm³/mol. The van der Waals surface area contributed by atoms with Gasteiger partial charge in [-0.25, -0.2) is 0 Å². The lowest BCUT2D eigenvalue weighted by Crippen LogP contribution is -2.13. The number of amides is 1. The normalized spacial score (nSPS) is 10.8. The van der Waals surface area contributed by atoms with Gasteiger partial charge in [-0.15, -0.1) is 0 Å². The molecule has 1 N–H and O–H groups in total. The Morgan fingerprint density at radius 1 is 0.897 bits per heavy atom. The summed E-state index contributed by atoms with van der Waals surface area (Å²) < 4.78 is 11.4. The maximum atomic E-state index is 12.7. The van der Waals surface area contributed by atoms with Gasteiger partial charge >= 0.3 is 0 Å². The monoisotopic (exact) mass is 539 g/mol. The first-order valence-corrected chi connectivity index (χ1v) is 12.1. The molecule has 0 atom stereocenters. The maximum Gasteiger partial charge on any atom is 0.269 e. The fourth-order valence-electron chi connectivity index (χ4n) is 3.48. The van der Waals surface area contributed by atoms with Crippen molar-refractivity contribution in [3.8, 4) is 17.6 Å². The average Bonchev–Trinajstić information content (AvgIpc) is 2.96. The zero-order chi connectivity index (χ0) is 27.6. The molecular formula is C30H22ClN3O5. The molecule has 0 heterocycles. The van der Waals surface area contributed by atoms with E-state index < -0.39 is 10.8 Å². The van der Waals surface area contributed by atoms with Crippen LogP contribution in [0.2, 0.25) is 5.02 Å². The van der Waals surface area contributed by atoms with E-state index in [9.17, 15) is 20.2 Å². The second-order valence-electron chi connectivity index (χ2n) is 8.35. The number of ether oxygens (including phenoxy) is 2. The summed E-state index contributed by atoms with van der Waals surface area (Å²) in [5.41, 5.74) is 2.72. The first kappa shape index (κ1) is 26.9. The van der Waals surface area contributed by atoms with E-state index in [-0.39, 0.29) is 17.9 Å². The molecule has 4 aromatic carbocycles. The third-order valence-electron chi connectivity index (χ3n) is 5.51. The quantitative estimate of drug-likeness (QED) is 0.101. The number of benzene rings is 4. The number of nitrogens with zero attached hydrogens (tertiary/aromatic N) is 2. The molecule has 0 fully saturated rings. The first-order valence-electron chi connectivity index (χ1n) is 11.8. The van der Waals surface area contributed by atoms with Gasteiger partial charge in [0.15, 0.2) is 0 Å². The molecule has 0 aliphatic heterocycles. The van der Waals surface area contributed by atoms with Crippen molar-refractivity contribution in [2.45, 2.75) is 13.2 Å². The second kappa shape index (κ2) is 12.9. The minimum absolute atomic E-state index is 0.00248. The van der Waals surface area contributed by atoms with Gasteiger partial charge in [0.25, 0.3) is 11.6 Å². The largest absolute Gasteiger partial charge is 0.489 e. The van der Waals surface area contributed by atoms with Gasteiger partial charge in [-0.2, -0.15) is 5.26 Å². The molecule has 0 aromatic heterocycles. The van der Waals surface area contributed by atoms with Crippen molar-refractivity contribution in [1.29, 1.82) is 5.26 Å². The van der Waals surface area contributed by atoms with Crippen LogP contribution < -0.4 is 14.8 Å². The molecule has 4 aromatic rings. The van der Waals surface area contributed by atoms with Crippen molar-refractivity contribution in [2.75, 3.05) is 5.32 Å². The Kier molecular flexibility index (Phi) is 8.91. The van der Waals surface area contributed by atoms with Gasteiger partial charge in [0.05, 0.1) is 4.92 Å². The van der Waals surface area contributed by atoms with Crippen molar-refractivity contribution in [1.82, 2.24) is 0 Å². The molecule has 0 saturated carbocycles. The highest BCUT2D eigenvalue weighted by molar-refractivity contribution is 6.30. The first-order chi connectivity index (χ1) is 18.9. The van der Waals surface area contributed by atoms with Gasteiger partial charge in [-0.1, -0.05) is 48.0 Å². The maximum absolute atomic E-state index is 12.7. The van der Waals surface area contributed by atoms with E-state index >= 15 is 0 Å². The van der Waals surface area contributed by atoms with Gasteiger partial charge in [-0.3, -0.25) is 14.9 Å². The molecule has 0 saturated heterocycles. The van der Waals surface area contributed by atoms with Gasteiger partial charge in [0, 0.05) is 22.8 Å². The smallest absolute Gasteiger partial charge is 0.269 e. The summed E-state index contributed by atoms with van der Waals surface area (Å²) in [6, 6.07) is 29.1. The van der Waals surface area contributed by atoms with Gasteiger partial charge in [0.2, 0.25) is 0 Å². The number of nitro benzene ring substituents is 1. The molecule has 0 unspecified atom stereocenters. The Hall–Kier alpha value is -5.13. The topological polar surface area (TPSA) is 114 Å². The summed E-state index contributed by atoms with van der Waals surface area (Å²) in [5, 5.41) is 23.8. The lowest BCUT2D eigenvalue weighted by atomic mass is 10.1. The van der Waals surface area contributed by atoms with Crippen LogP contribution in [0.5, 0.6) is 11.5 Å². The molecule has 1 amide bonds. The van der Waals surface area contributed by atoms with Gasteiger partial charge < -0.3 is 14.8 Å². The minimum Gasteiger partial charge on any atom is -0.489 e. The lowest BCUT2D eigenvalue weighted by molar-refractivity contribution is -0.384. The zero-order valence-corrected chi connectivity index (χ0v) is 21.3. The van der Waals surface area contributed by atoms with E-state index in [1.165, 1.54) is 18.2 Å². The average molecular weight is 540 g/mol. The van der Waals surface area contributed by atoms with Crippen molar-refractivity contribution in [3.63, 3.8) is 0 Å². The number of carbonyl (C=O) groups is 1. The molecule has 0 bridgehead atoms. The number of nitrogens with one attached hydrogen (secondary N) is 1. The highest BCUT2D eigenvalue weighted by Crippen LogP contribution is 2.21. The number of carbonyl (C=O) groups excluding carboxylic acids is 1. The number of hydrogen-bond acceptors (Lipinski definition) is 6. The minimum atomic E-state index is -0.543. The Bertz CT molecular complexity index is 1530. The van der Waals surface area contributed by atoms with Crippen molar-refractivity contribution < 1.29 is 19.2 Å². The van der Waals surface area contributed by atoms with Crippen molar-refractivity contribution in [3.05, 3.63) is 134 Å². The van der Waals surface area contributed by atoms with Gasteiger partial charge in [0.1, 0.15) is 36.4 Å². The number of non-ortho nitro benzene ring substituents is 1. The molecule has 39 heavy (non-hydrogen) atoms. The molecule has 0 spiro atoms. The number of halogens is 1. The summed E-state index contributed by atoms with van der Waals surface area (Å²) in [7, 11) is 0. The second-order valence-corrected chi connectivity index (χ2v) is 8.78. The summed E-state index contributed by atoms with van der Waals surface area (Å²) >= 11 is 5.89. The predicted octanol–water partition coefficient (Wildman–Crippen LogP) is 6.95. The Balaban J connectivity index is 1.31. The highest BCUT2D eigenvalue weighted by Gasteiger charge is 2.10. The van der Waals surface area contributed by atoms with Crippen LogP contribution in [0.1, 0.15) is 16.7 Å². The zero-order valence-electron chi connectivity index (χ0n) is 20.5. The molecular weight excluding hydrogens is 518 g/mol. The summed E-state index contributed by atoms with van der Waals surface area (Å²) in [5.74, 6) is 0.630.